The number of aryl methyl sites for hydroxylation is 2. The third kappa shape index (κ3) is 5.01. The normalized spacial score (nSPS) is 10.9. The second-order valence-electron chi connectivity index (χ2n) is 6.59. The molecule has 0 unspecified atom stereocenters. The van der Waals surface area contributed by atoms with Crippen LogP contribution >= 0.6 is 0 Å². The molecule has 7 heteroatoms. The van der Waals surface area contributed by atoms with Gasteiger partial charge in [-0.1, -0.05) is 12.1 Å². The van der Waals surface area contributed by atoms with Crippen LogP contribution in [0.5, 0.6) is 11.5 Å². The molecular weight excluding hydrogens is 368 g/mol. The number of benzene rings is 2. The molecule has 3 rings (SSSR count). The van der Waals surface area contributed by atoms with Crippen molar-refractivity contribution in [1.29, 1.82) is 0 Å². The second-order valence-corrected chi connectivity index (χ2v) is 6.59. The maximum absolute atomic E-state index is 12.3. The summed E-state index contributed by atoms with van der Waals surface area (Å²) in [7, 11) is 3.16. The van der Waals surface area contributed by atoms with Gasteiger partial charge in [-0.05, 0) is 49.7 Å². The van der Waals surface area contributed by atoms with E-state index in [1.54, 1.807) is 44.6 Å². The summed E-state index contributed by atoms with van der Waals surface area (Å²) < 4.78 is 12.4. The largest absolute Gasteiger partial charge is 0.497 e. The van der Waals surface area contributed by atoms with E-state index in [1.165, 1.54) is 6.21 Å². The lowest BCUT2D eigenvalue weighted by molar-refractivity contribution is 0.0955. The Labute approximate surface area is 170 Å². The van der Waals surface area contributed by atoms with E-state index in [0.29, 0.717) is 23.6 Å². The summed E-state index contributed by atoms with van der Waals surface area (Å²) in [6.45, 7) is 4.66. The Hall–Kier alpha value is -3.61. The van der Waals surface area contributed by atoms with Crippen LogP contribution in [0, 0.1) is 13.8 Å². The highest BCUT2D eigenvalue weighted by molar-refractivity contribution is 5.95. The van der Waals surface area contributed by atoms with Crippen LogP contribution in [0.2, 0.25) is 0 Å². The fourth-order valence-corrected chi connectivity index (χ4v) is 2.92. The minimum Gasteiger partial charge on any atom is -0.497 e. The highest BCUT2D eigenvalue weighted by Crippen LogP contribution is 2.23. The minimum absolute atomic E-state index is 0.286. The van der Waals surface area contributed by atoms with Crippen molar-refractivity contribution < 1.29 is 14.3 Å². The van der Waals surface area contributed by atoms with Crippen molar-refractivity contribution in [1.82, 2.24) is 15.2 Å². The molecule has 0 fully saturated rings. The number of nitrogens with one attached hydrogen (secondary N) is 1. The van der Waals surface area contributed by atoms with Gasteiger partial charge in [0.25, 0.3) is 5.91 Å². The SMILES string of the molecule is COc1ccc(/C=N\NC(=O)c2ccc(Cn3nc(C)cc3C)cc2)c(OC)c1. The van der Waals surface area contributed by atoms with Crippen LogP contribution in [0.3, 0.4) is 0 Å². The van der Waals surface area contributed by atoms with Gasteiger partial charge in [0.05, 0.1) is 32.7 Å². The molecule has 0 saturated heterocycles. The number of hydrogen-bond acceptors (Lipinski definition) is 5. The van der Waals surface area contributed by atoms with Gasteiger partial charge in [0.2, 0.25) is 0 Å². The molecule has 3 aromatic rings. The zero-order chi connectivity index (χ0) is 20.8. The van der Waals surface area contributed by atoms with Crippen molar-refractivity contribution in [3.8, 4) is 11.5 Å². The van der Waals surface area contributed by atoms with E-state index in [2.05, 4.69) is 15.6 Å². The Morgan fingerprint density at radius 3 is 2.48 bits per heavy atom. The van der Waals surface area contributed by atoms with Crippen molar-refractivity contribution >= 4 is 12.1 Å². The summed E-state index contributed by atoms with van der Waals surface area (Å²) in [4.78, 5) is 12.3. The first-order valence-corrected chi connectivity index (χ1v) is 9.15. The Bertz CT molecular complexity index is 1020. The molecule has 0 aliphatic carbocycles. The van der Waals surface area contributed by atoms with Crippen LogP contribution in [0.1, 0.15) is 32.9 Å². The highest BCUT2D eigenvalue weighted by Gasteiger charge is 2.07. The Kier molecular flexibility index (Phi) is 6.29. The first-order chi connectivity index (χ1) is 14.0. The van der Waals surface area contributed by atoms with Crippen molar-refractivity contribution in [3.05, 3.63) is 76.6 Å². The first-order valence-electron chi connectivity index (χ1n) is 9.15. The number of rotatable bonds is 7. The molecule has 0 aliphatic heterocycles. The maximum Gasteiger partial charge on any atom is 0.271 e. The van der Waals surface area contributed by atoms with E-state index in [9.17, 15) is 4.79 Å². The maximum atomic E-state index is 12.3. The van der Waals surface area contributed by atoms with Gasteiger partial charge in [-0.3, -0.25) is 9.48 Å². The monoisotopic (exact) mass is 392 g/mol. The summed E-state index contributed by atoms with van der Waals surface area (Å²) in [6, 6.07) is 14.8. The number of carbonyl (C=O) groups is 1. The van der Waals surface area contributed by atoms with Gasteiger partial charge in [-0.15, -0.1) is 0 Å². The van der Waals surface area contributed by atoms with Crippen LogP contribution < -0.4 is 14.9 Å². The highest BCUT2D eigenvalue weighted by atomic mass is 16.5. The quantitative estimate of drug-likeness (QED) is 0.494. The van der Waals surface area contributed by atoms with Crippen molar-refractivity contribution in [2.24, 2.45) is 5.10 Å². The van der Waals surface area contributed by atoms with Gasteiger partial charge >= 0.3 is 0 Å². The molecule has 0 atom stereocenters. The number of amides is 1. The molecule has 1 N–H and O–H groups in total. The van der Waals surface area contributed by atoms with Crippen molar-refractivity contribution in [3.63, 3.8) is 0 Å². The molecule has 1 amide bonds. The fourth-order valence-electron chi connectivity index (χ4n) is 2.92. The number of hydrogen-bond donors (Lipinski definition) is 1. The summed E-state index contributed by atoms with van der Waals surface area (Å²) in [5.74, 6) is 1.01. The second kappa shape index (κ2) is 9.05. The van der Waals surface area contributed by atoms with E-state index in [-0.39, 0.29) is 5.91 Å². The Morgan fingerprint density at radius 2 is 1.86 bits per heavy atom. The van der Waals surface area contributed by atoms with Gasteiger partial charge in [-0.25, -0.2) is 5.43 Å². The van der Waals surface area contributed by atoms with Gasteiger partial charge < -0.3 is 9.47 Å². The number of methoxy groups -OCH3 is 2. The van der Waals surface area contributed by atoms with Gasteiger partial charge in [-0.2, -0.15) is 10.2 Å². The number of nitrogens with zero attached hydrogens (tertiary/aromatic N) is 3. The first kappa shape index (κ1) is 20.1. The van der Waals surface area contributed by atoms with Crippen molar-refractivity contribution in [2.45, 2.75) is 20.4 Å². The smallest absolute Gasteiger partial charge is 0.271 e. The lowest BCUT2D eigenvalue weighted by Crippen LogP contribution is -2.17. The molecule has 0 aliphatic rings. The van der Waals surface area contributed by atoms with Crippen LogP contribution in [0.15, 0.2) is 53.6 Å². The number of aromatic nitrogens is 2. The third-order valence-electron chi connectivity index (χ3n) is 4.46. The zero-order valence-corrected chi connectivity index (χ0v) is 17.0. The van der Waals surface area contributed by atoms with Crippen LogP contribution in [0.4, 0.5) is 0 Å². The van der Waals surface area contributed by atoms with E-state index in [4.69, 9.17) is 9.47 Å². The molecule has 0 radical (unpaired) electrons. The predicted octanol–water partition coefficient (Wildman–Crippen LogP) is 3.33. The van der Waals surface area contributed by atoms with Crippen LogP contribution in [-0.2, 0) is 6.54 Å². The Balaban J connectivity index is 1.62. The fraction of sp³-hybridized carbons (Fsp3) is 0.227. The molecule has 1 aromatic heterocycles. The lowest BCUT2D eigenvalue weighted by atomic mass is 10.1. The molecule has 1 heterocycles. The molecular formula is C22H24N4O3. The predicted molar refractivity (Wildman–Crippen MR) is 112 cm³/mol. The van der Waals surface area contributed by atoms with Gasteiger partial charge in [0, 0.05) is 22.9 Å². The van der Waals surface area contributed by atoms with E-state index < -0.39 is 0 Å². The summed E-state index contributed by atoms with van der Waals surface area (Å²) in [6.07, 6.45) is 1.54. The number of hydrazone groups is 1. The van der Waals surface area contributed by atoms with E-state index in [0.717, 1.165) is 22.5 Å². The van der Waals surface area contributed by atoms with Gasteiger partial charge in [0.1, 0.15) is 11.5 Å². The van der Waals surface area contributed by atoms with E-state index >= 15 is 0 Å². The topological polar surface area (TPSA) is 77.7 Å². The Morgan fingerprint density at radius 1 is 1.10 bits per heavy atom. The van der Waals surface area contributed by atoms with Crippen LogP contribution in [0.25, 0.3) is 0 Å². The third-order valence-corrected chi connectivity index (χ3v) is 4.46. The zero-order valence-electron chi connectivity index (χ0n) is 17.0. The molecule has 150 valence electrons. The average Bonchev–Trinajstić information content (AvgIpc) is 3.05. The molecule has 0 saturated carbocycles. The minimum atomic E-state index is -0.286. The van der Waals surface area contributed by atoms with E-state index in [1.807, 2.05) is 36.7 Å². The van der Waals surface area contributed by atoms with Gasteiger partial charge in [0.15, 0.2) is 0 Å². The molecule has 7 nitrogen and oxygen atoms in total. The average molecular weight is 392 g/mol. The summed E-state index contributed by atoms with van der Waals surface area (Å²) in [5, 5.41) is 8.48. The van der Waals surface area contributed by atoms with Crippen molar-refractivity contribution in [2.75, 3.05) is 14.2 Å². The summed E-state index contributed by atoms with van der Waals surface area (Å²) >= 11 is 0. The molecule has 2 aromatic carbocycles. The molecule has 0 spiro atoms. The van der Waals surface area contributed by atoms with Crippen LogP contribution in [-0.4, -0.2) is 36.1 Å². The standard InChI is InChI=1S/C22H24N4O3/c1-15-11-16(2)26(25-15)14-17-5-7-18(8-6-17)22(27)24-23-13-19-9-10-20(28-3)12-21(19)29-4/h5-13H,14H2,1-4H3,(H,24,27)/b23-13-. The molecule has 0 bridgehead atoms. The molecule has 29 heavy (non-hydrogen) atoms. The number of carbonyl (C=O) groups excluding carboxylic acids is 1. The number of ether oxygens (including phenoxy) is 2. The summed E-state index contributed by atoms with van der Waals surface area (Å²) in [5.41, 5.74) is 6.96. The lowest BCUT2D eigenvalue weighted by Gasteiger charge is -2.07.